The van der Waals surface area contributed by atoms with Gasteiger partial charge in [-0.3, -0.25) is 19.2 Å². The number of Topliss-reactive ketones (excluding diaryl/α,β-unsaturated/α-hetero) is 2. The van der Waals surface area contributed by atoms with E-state index in [0.717, 1.165) is 4.90 Å². The van der Waals surface area contributed by atoms with Gasteiger partial charge in [-0.05, 0) is 42.5 Å². The van der Waals surface area contributed by atoms with E-state index in [-0.39, 0.29) is 18.4 Å². The van der Waals surface area contributed by atoms with Gasteiger partial charge in [0.05, 0.1) is 23.6 Å². The predicted octanol–water partition coefficient (Wildman–Crippen LogP) is 4.45. The minimum atomic E-state index is -0.960. The van der Waals surface area contributed by atoms with Gasteiger partial charge in [-0.25, -0.2) is 4.90 Å². The van der Waals surface area contributed by atoms with Crippen LogP contribution in [0.2, 0.25) is 5.02 Å². The third-order valence-electron chi connectivity index (χ3n) is 7.86. The van der Waals surface area contributed by atoms with Gasteiger partial charge in [0.1, 0.15) is 6.04 Å². The summed E-state index contributed by atoms with van der Waals surface area (Å²) in [6.45, 7) is 0.0516. The molecule has 40 heavy (non-hydrogen) atoms. The number of fused-ring (bicyclic) bond motifs is 4. The minimum Gasteiger partial charge on any atom is -0.454 e. The highest BCUT2D eigenvalue weighted by atomic mass is 35.5. The van der Waals surface area contributed by atoms with Crippen LogP contribution >= 0.6 is 11.6 Å². The van der Waals surface area contributed by atoms with Crippen molar-refractivity contribution < 1.29 is 28.7 Å². The topological polar surface area (TPSA) is 93.2 Å². The van der Waals surface area contributed by atoms with Crippen molar-refractivity contribution in [2.75, 3.05) is 11.7 Å². The number of hydrogen-bond donors (Lipinski definition) is 0. The van der Waals surface area contributed by atoms with Gasteiger partial charge in [-0.15, -0.1) is 0 Å². The van der Waals surface area contributed by atoms with Crippen LogP contribution in [0.1, 0.15) is 20.7 Å². The number of amides is 2. The number of ketones is 2. The largest absolute Gasteiger partial charge is 0.454 e. The number of nitrogens with zero attached hydrogens (tertiary/aromatic N) is 2. The van der Waals surface area contributed by atoms with Crippen LogP contribution in [-0.2, 0) is 9.59 Å². The summed E-state index contributed by atoms with van der Waals surface area (Å²) in [6, 6.07) is 18.5. The summed E-state index contributed by atoms with van der Waals surface area (Å²) in [5.41, 5.74) is 1.62. The Hall–Kier alpha value is -4.69. The standard InChI is InChI=1S/C31H21ClN2O6/c32-20-8-6-18(7-9-20)29(36)27-26-25(22-14-19(12-13-33(22)27)28(35)17-4-2-1-3-5-17)30(37)34(31(26)38)21-10-11-23-24(15-21)40-16-39-23/h1-15,22,25-27H,16H2/t22-,25+,26-,27+/m1/s1. The van der Waals surface area contributed by atoms with E-state index in [0.29, 0.717) is 38.9 Å². The lowest BCUT2D eigenvalue weighted by Crippen LogP contribution is -2.46. The fourth-order valence-electron chi connectivity index (χ4n) is 6.02. The third-order valence-corrected chi connectivity index (χ3v) is 8.11. The Morgan fingerprint density at radius 1 is 0.825 bits per heavy atom. The third kappa shape index (κ3) is 3.67. The van der Waals surface area contributed by atoms with Gasteiger partial charge < -0.3 is 14.4 Å². The maximum Gasteiger partial charge on any atom is 0.240 e. The Kier molecular flexibility index (Phi) is 5.61. The molecule has 0 unspecified atom stereocenters. The summed E-state index contributed by atoms with van der Waals surface area (Å²) in [5.74, 6) is -2.30. The highest BCUT2D eigenvalue weighted by molar-refractivity contribution is 6.30. The lowest BCUT2D eigenvalue weighted by atomic mass is 9.85. The molecule has 4 aliphatic rings. The second kappa shape index (κ2) is 9.20. The van der Waals surface area contributed by atoms with E-state index < -0.39 is 35.7 Å². The Labute approximate surface area is 234 Å². The van der Waals surface area contributed by atoms with Crippen molar-refractivity contribution in [1.82, 2.24) is 4.90 Å². The summed E-state index contributed by atoms with van der Waals surface area (Å²) in [6.07, 6.45) is 5.00. The Morgan fingerprint density at radius 2 is 1.55 bits per heavy atom. The molecule has 3 aromatic carbocycles. The Morgan fingerprint density at radius 3 is 2.33 bits per heavy atom. The lowest BCUT2D eigenvalue weighted by molar-refractivity contribution is -0.123. The van der Waals surface area contributed by atoms with E-state index in [1.54, 1.807) is 90.0 Å². The van der Waals surface area contributed by atoms with E-state index in [1.807, 2.05) is 6.07 Å². The zero-order chi connectivity index (χ0) is 27.5. The molecule has 2 fully saturated rings. The number of ether oxygens (including phenoxy) is 2. The molecular weight excluding hydrogens is 532 g/mol. The highest BCUT2D eigenvalue weighted by Crippen LogP contribution is 2.48. The first-order valence-electron chi connectivity index (χ1n) is 12.8. The molecular formula is C31H21ClN2O6. The molecule has 0 spiro atoms. The van der Waals surface area contributed by atoms with Gasteiger partial charge in [-0.2, -0.15) is 0 Å². The molecule has 9 heteroatoms. The molecule has 0 saturated carbocycles. The molecule has 0 radical (unpaired) electrons. The summed E-state index contributed by atoms with van der Waals surface area (Å²) >= 11 is 6.04. The predicted molar refractivity (Wildman–Crippen MR) is 145 cm³/mol. The summed E-state index contributed by atoms with van der Waals surface area (Å²) in [5, 5.41) is 0.477. The monoisotopic (exact) mass is 552 g/mol. The van der Waals surface area contributed by atoms with E-state index in [9.17, 15) is 19.2 Å². The first-order valence-corrected chi connectivity index (χ1v) is 13.1. The summed E-state index contributed by atoms with van der Waals surface area (Å²) in [7, 11) is 0. The van der Waals surface area contributed by atoms with Crippen LogP contribution in [0.25, 0.3) is 0 Å². The van der Waals surface area contributed by atoms with Crippen molar-refractivity contribution in [1.29, 1.82) is 0 Å². The second-order valence-corrected chi connectivity index (χ2v) is 10.4. The molecule has 198 valence electrons. The van der Waals surface area contributed by atoms with Crippen LogP contribution < -0.4 is 14.4 Å². The van der Waals surface area contributed by atoms with Crippen molar-refractivity contribution in [3.8, 4) is 11.5 Å². The normalized spacial score (nSPS) is 24.2. The van der Waals surface area contributed by atoms with E-state index >= 15 is 0 Å². The smallest absolute Gasteiger partial charge is 0.240 e. The number of hydrogen-bond acceptors (Lipinski definition) is 7. The van der Waals surface area contributed by atoms with Crippen LogP contribution in [-0.4, -0.2) is 47.2 Å². The van der Waals surface area contributed by atoms with Crippen molar-refractivity contribution in [3.63, 3.8) is 0 Å². The van der Waals surface area contributed by atoms with Crippen molar-refractivity contribution in [3.05, 3.63) is 113 Å². The zero-order valence-corrected chi connectivity index (χ0v) is 21.7. The van der Waals surface area contributed by atoms with E-state index in [1.165, 1.54) is 0 Å². The van der Waals surface area contributed by atoms with Gasteiger partial charge in [0.2, 0.25) is 18.6 Å². The number of halogens is 1. The van der Waals surface area contributed by atoms with Gasteiger partial charge in [0.15, 0.2) is 23.1 Å². The molecule has 4 atom stereocenters. The number of benzene rings is 3. The fourth-order valence-corrected chi connectivity index (χ4v) is 6.14. The maximum absolute atomic E-state index is 14.0. The molecule has 0 bridgehead atoms. The minimum absolute atomic E-state index is 0.0516. The quantitative estimate of drug-likeness (QED) is 0.341. The molecule has 2 saturated heterocycles. The number of rotatable bonds is 5. The van der Waals surface area contributed by atoms with Gasteiger partial charge in [-0.1, -0.05) is 48.0 Å². The van der Waals surface area contributed by atoms with Crippen LogP contribution in [0.15, 0.2) is 96.7 Å². The van der Waals surface area contributed by atoms with Crippen LogP contribution in [0.5, 0.6) is 11.5 Å². The number of carbonyl (C=O) groups is 4. The maximum atomic E-state index is 14.0. The number of imide groups is 1. The highest BCUT2D eigenvalue weighted by Gasteiger charge is 2.63. The van der Waals surface area contributed by atoms with E-state index in [2.05, 4.69) is 0 Å². The van der Waals surface area contributed by atoms with Crippen LogP contribution in [0.4, 0.5) is 5.69 Å². The first kappa shape index (κ1) is 24.4. The number of carbonyl (C=O) groups excluding carboxylic acids is 4. The molecule has 0 aliphatic carbocycles. The summed E-state index contributed by atoms with van der Waals surface area (Å²) in [4.78, 5) is 58.1. The molecule has 0 aromatic heterocycles. The van der Waals surface area contributed by atoms with Crippen molar-refractivity contribution in [2.45, 2.75) is 12.1 Å². The number of allylic oxidation sites excluding steroid dienone is 2. The van der Waals surface area contributed by atoms with Crippen molar-refractivity contribution >= 4 is 40.7 Å². The SMILES string of the molecule is O=C(C1=C[C@@H]2[C@@H]3C(=O)N(c4ccc5c(c4)OCO5)C(=O)[C@H]3[C@@H](C(=O)c3ccc(Cl)cc3)N2C=C1)c1ccccc1. The molecule has 4 aliphatic heterocycles. The fraction of sp³-hybridized carbons (Fsp3) is 0.161. The first-order chi connectivity index (χ1) is 19.4. The molecule has 8 nitrogen and oxygen atoms in total. The lowest BCUT2D eigenvalue weighted by Gasteiger charge is -2.32. The molecule has 3 aromatic rings. The number of anilines is 1. The zero-order valence-electron chi connectivity index (χ0n) is 20.9. The molecule has 4 heterocycles. The van der Waals surface area contributed by atoms with Gasteiger partial charge >= 0.3 is 0 Å². The van der Waals surface area contributed by atoms with Gasteiger partial charge in [0, 0.05) is 34.0 Å². The van der Waals surface area contributed by atoms with E-state index in [4.69, 9.17) is 21.1 Å². The molecule has 7 rings (SSSR count). The molecule has 2 amide bonds. The molecule has 0 N–H and O–H groups in total. The second-order valence-electron chi connectivity index (χ2n) is 9.99. The van der Waals surface area contributed by atoms with Gasteiger partial charge in [0.25, 0.3) is 0 Å². The average molecular weight is 553 g/mol. The average Bonchev–Trinajstić information content (AvgIpc) is 3.65. The van der Waals surface area contributed by atoms with Crippen LogP contribution in [0, 0.1) is 11.8 Å². The Bertz CT molecular complexity index is 1650. The Balaban J connectivity index is 1.30. The van der Waals surface area contributed by atoms with Crippen molar-refractivity contribution in [2.24, 2.45) is 11.8 Å². The summed E-state index contributed by atoms with van der Waals surface area (Å²) < 4.78 is 10.8. The van der Waals surface area contributed by atoms with Crippen LogP contribution in [0.3, 0.4) is 0 Å².